The molecule has 1 saturated heterocycles. The molecule has 8 nitrogen and oxygen atoms in total. The molecular formula is C23H35N7O. The summed E-state index contributed by atoms with van der Waals surface area (Å²) >= 11 is 0. The van der Waals surface area contributed by atoms with Gasteiger partial charge in [-0.3, -0.25) is 9.89 Å². The number of aryl methyl sites for hydroxylation is 1. The molecule has 0 spiro atoms. The maximum atomic E-state index is 5.91. The Kier molecular flexibility index (Phi) is 8.90. The van der Waals surface area contributed by atoms with Crippen LogP contribution in [0.5, 0.6) is 5.75 Å². The van der Waals surface area contributed by atoms with Gasteiger partial charge >= 0.3 is 0 Å². The highest BCUT2D eigenvalue weighted by atomic mass is 16.5. The fourth-order valence-corrected chi connectivity index (χ4v) is 3.51. The number of guanidine groups is 1. The minimum absolute atomic E-state index is 0.675. The molecule has 0 bridgehead atoms. The van der Waals surface area contributed by atoms with Crippen LogP contribution in [0.25, 0.3) is 0 Å². The predicted octanol–water partition coefficient (Wildman–Crippen LogP) is 2.06. The van der Waals surface area contributed by atoms with Crippen molar-refractivity contribution in [3.8, 4) is 5.75 Å². The highest BCUT2D eigenvalue weighted by Crippen LogP contribution is 2.20. The summed E-state index contributed by atoms with van der Waals surface area (Å²) in [4.78, 5) is 17.7. The first-order valence-corrected chi connectivity index (χ1v) is 11.1. The average Bonchev–Trinajstić information content (AvgIpc) is 2.81. The van der Waals surface area contributed by atoms with Crippen LogP contribution in [-0.2, 0) is 6.54 Å². The second-order valence-electron chi connectivity index (χ2n) is 7.69. The van der Waals surface area contributed by atoms with E-state index in [2.05, 4.69) is 67.4 Å². The van der Waals surface area contributed by atoms with Crippen LogP contribution in [-0.4, -0.2) is 73.8 Å². The molecule has 0 radical (unpaired) electrons. The van der Waals surface area contributed by atoms with Gasteiger partial charge in [-0.25, -0.2) is 9.97 Å². The van der Waals surface area contributed by atoms with E-state index in [0.717, 1.165) is 75.5 Å². The average molecular weight is 426 g/mol. The molecule has 0 saturated carbocycles. The van der Waals surface area contributed by atoms with Gasteiger partial charge in [0.25, 0.3) is 0 Å². The zero-order valence-electron chi connectivity index (χ0n) is 19.0. The summed E-state index contributed by atoms with van der Waals surface area (Å²) in [5, 5.41) is 6.83. The van der Waals surface area contributed by atoms with Crippen LogP contribution in [0.3, 0.4) is 0 Å². The van der Waals surface area contributed by atoms with Crippen molar-refractivity contribution in [2.24, 2.45) is 4.99 Å². The van der Waals surface area contributed by atoms with E-state index in [1.165, 1.54) is 5.56 Å². The number of nitrogens with zero attached hydrogens (tertiary/aromatic N) is 5. The maximum Gasteiger partial charge on any atom is 0.225 e. The van der Waals surface area contributed by atoms with E-state index in [1.807, 2.05) is 6.07 Å². The fraction of sp³-hybridized carbons (Fsp3) is 0.522. The molecule has 1 aromatic carbocycles. The molecule has 8 heteroatoms. The lowest BCUT2D eigenvalue weighted by Gasteiger charge is -2.34. The topological polar surface area (TPSA) is 77.9 Å². The summed E-state index contributed by atoms with van der Waals surface area (Å²) in [5.74, 6) is 2.58. The Morgan fingerprint density at radius 3 is 2.61 bits per heavy atom. The summed E-state index contributed by atoms with van der Waals surface area (Å²) in [6.45, 7) is 11.3. The fourth-order valence-electron chi connectivity index (χ4n) is 3.51. The lowest BCUT2D eigenvalue weighted by Crippen LogP contribution is -2.49. The molecule has 2 heterocycles. The lowest BCUT2D eigenvalue weighted by atomic mass is 10.1. The summed E-state index contributed by atoms with van der Waals surface area (Å²) in [6.07, 6.45) is 4.59. The summed E-state index contributed by atoms with van der Waals surface area (Å²) in [5.41, 5.74) is 2.34. The van der Waals surface area contributed by atoms with E-state index in [9.17, 15) is 0 Å². The second-order valence-corrected chi connectivity index (χ2v) is 7.69. The van der Waals surface area contributed by atoms with Crippen LogP contribution in [0.15, 0.2) is 41.7 Å². The molecule has 0 unspecified atom stereocenters. The number of rotatable bonds is 9. The predicted molar refractivity (Wildman–Crippen MR) is 126 cm³/mol. The largest absolute Gasteiger partial charge is 0.493 e. The minimum atomic E-state index is 0.675. The number of nitrogens with one attached hydrogen (secondary N) is 2. The molecule has 3 rings (SSSR count). The Labute approximate surface area is 185 Å². The first-order valence-electron chi connectivity index (χ1n) is 11.1. The quantitative estimate of drug-likeness (QED) is 0.470. The molecule has 2 aromatic rings. The van der Waals surface area contributed by atoms with Gasteiger partial charge in [-0.05, 0) is 31.0 Å². The van der Waals surface area contributed by atoms with Crippen LogP contribution < -0.4 is 20.3 Å². The monoisotopic (exact) mass is 425 g/mol. The third-order valence-corrected chi connectivity index (χ3v) is 5.28. The van der Waals surface area contributed by atoms with Crippen molar-refractivity contribution in [3.63, 3.8) is 0 Å². The Hall–Kier alpha value is -2.87. The van der Waals surface area contributed by atoms with E-state index in [-0.39, 0.29) is 0 Å². The van der Waals surface area contributed by atoms with Crippen molar-refractivity contribution >= 4 is 11.9 Å². The number of hydrogen-bond donors (Lipinski definition) is 2. The number of aromatic nitrogens is 2. The summed E-state index contributed by atoms with van der Waals surface area (Å²) in [6, 6.07) is 8.19. The second kappa shape index (κ2) is 12.1. The molecule has 1 fully saturated rings. The van der Waals surface area contributed by atoms with Gasteiger partial charge in [0.05, 0.1) is 6.61 Å². The van der Waals surface area contributed by atoms with Crippen molar-refractivity contribution in [3.05, 3.63) is 47.8 Å². The van der Waals surface area contributed by atoms with Gasteiger partial charge in [0, 0.05) is 70.8 Å². The lowest BCUT2D eigenvalue weighted by molar-refractivity contribution is 0.260. The van der Waals surface area contributed by atoms with Crippen LogP contribution in [0.2, 0.25) is 0 Å². The van der Waals surface area contributed by atoms with Gasteiger partial charge in [0.2, 0.25) is 5.95 Å². The van der Waals surface area contributed by atoms with Crippen LogP contribution in [0, 0.1) is 6.92 Å². The molecule has 1 aliphatic rings. The number of hydrogen-bond acceptors (Lipinski definition) is 6. The molecule has 2 N–H and O–H groups in total. The van der Waals surface area contributed by atoms with Crippen molar-refractivity contribution in [1.82, 2.24) is 25.5 Å². The Bertz CT molecular complexity index is 820. The third-order valence-electron chi connectivity index (χ3n) is 5.28. The van der Waals surface area contributed by atoms with Gasteiger partial charge in [0.1, 0.15) is 5.75 Å². The SMILES string of the molecule is CCCOc1cc(C)ccc1CNC(=NC)NCCN1CCN(c2ncccn2)CC1. The molecule has 31 heavy (non-hydrogen) atoms. The first-order chi connectivity index (χ1) is 15.2. The molecule has 0 atom stereocenters. The number of piperazine rings is 1. The zero-order chi connectivity index (χ0) is 21.9. The van der Waals surface area contributed by atoms with E-state index in [4.69, 9.17) is 4.74 Å². The zero-order valence-corrected chi connectivity index (χ0v) is 19.0. The van der Waals surface area contributed by atoms with Crippen molar-refractivity contribution in [2.75, 3.05) is 57.8 Å². The normalized spacial score (nSPS) is 15.1. The highest BCUT2D eigenvalue weighted by molar-refractivity contribution is 5.79. The van der Waals surface area contributed by atoms with Crippen LogP contribution >= 0.6 is 0 Å². The highest BCUT2D eigenvalue weighted by Gasteiger charge is 2.18. The van der Waals surface area contributed by atoms with Gasteiger partial charge in [0.15, 0.2) is 5.96 Å². The standard InChI is InChI=1S/C23H35N7O/c1-4-16-31-21-17-19(2)6-7-20(21)18-28-22(24-3)25-10-11-29-12-14-30(15-13-29)23-26-8-5-9-27-23/h5-9,17H,4,10-16,18H2,1-3H3,(H2,24,25,28). The summed E-state index contributed by atoms with van der Waals surface area (Å²) < 4.78 is 5.91. The van der Waals surface area contributed by atoms with Gasteiger partial charge < -0.3 is 20.3 Å². The number of ether oxygens (including phenoxy) is 1. The van der Waals surface area contributed by atoms with E-state index < -0.39 is 0 Å². The Morgan fingerprint density at radius 1 is 1.13 bits per heavy atom. The summed E-state index contributed by atoms with van der Waals surface area (Å²) in [7, 11) is 1.80. The minimum Gasteiger partial charge on any atom is -0.493 e. The van der Waals surface area contributed by atoms with Crippen molar-refractivity contribution < 1.29 is 4.74 Å². The van der Waals surface area contributed by atoms with E-state index >= 15 is 0 Å². The number of anilines is 1. The molecule has 1 aromatic heterocycles. The maximum absolute atomic E-state index is 5.91. The van der Waals surface area contributed by atoms with Crippen LogP contribution in [0.4, 0.5) is 5.95 Å². The molecule has 168 valence electrons. The van der Waals surface area contributed by atoms with Crippen molar-refractivity contribution in [1.29, 1.82) is 0 Å². The molecule has 0 amide bonds. The number of benzene rings is 1. The number of aliphatic imine (C=N–C) groups is 1. The third kappa shape index (κ3) is 7.10. The molecule has 1 aliphatic heterocycles. The first kappa shape index (κ1) is 22.8. The van der Waals surface area contributed by atoms with Crippen molar-refractivity contribution in [2.45, 2.75) is 26.8 Å². The Balaban J connectivity index is 1.40. The van der Waals surface area contributed by atoms with Gasteiger partial charge in [-0.1, -0.05) is 19.1 Å². The molecular weight excluding hydrogens is 390 g/mol. The smallest absolute Gasteiger partial charge is 0.225 e. The van der Waals surface area contributed by atoms with Crippen LogP contribution in [0.1, 0.15) is 24.5 Å². The molecule has 0 aliphatic carbocycles. The van der Waals surface area contributed by atoms with E-state index in [1.54, 1.807) is 19.4 Å². The Morgan fingerprint density at radius 2 is 1.90 bits per heavy atom. The van der Waals surface area contributed by atoms with Gasteiger partial charge in [-0.15, -0.1) is 0 Å². The van der Waals surface area contributed by atoms with E-state index in [0.29, 0.717) is 6.54 Å². The van der Waals surface area contributed by atoms with Gasteiger partial charge in [-0.2, -0.15) is 0 Å².